The molecule has 0 spiro atoms. The molecule has 0 saturated carbocycles. The molecule has 0 aliphatic heterocycles. The van der Waals surface area contributed by atoms with Gasteiger partial charge >= 0.3 is 0 Å². The summed E-state index contributed by atoms with van der Waals surface area (Å²) in [5.74, 6) is 2.11. The molecule has 1 N–H and O–H groups in total. The first-order valence-corrected chi connectivity index (χ1v) is 6.16. The third-order valence-corrected chi connectivity index (χ3v) is 2.70. The lowest BCUT2D eigenvalue weighted by atomic mass is 10.3. The summed E-state index contributed by atoms with van der Waals surface area (Å²) in [4.78, 5) is 7.26. The molecule has 102 valence electrons. The standard InChI is InChI=1S/C13H8Cl2FN3O/c1-2-5-20-11-4-3-8(6-9(11)14)18-12-10(16)7-17-13(15)19-12/h1,3-4,6-7H,5H2,(H,17,18,19). The average molecular weight is 312 g/mol. The van der Waals surface area contributed by atoms with Crippen LogP contribution >= 0.6 is 23.2 Å². The first-order chi connectivity index (χ1) is 9.60. The second-order valence-electron chi connectivity index (χ2n) is 3.60. The lowest BCUT2D eigenvalue weighted by Crippen LogP contribution is -1.99. The van der Waals surface area contributed by atoms with Gasteiger partial charge < -0.3 is 10.1 Å². The molecule has 20 heavy (non-hydrogen) atoms. The van der Waals surface area contributed by atoms with Gasteiger partial charge in [0.15, 0.2) is 11.6 Å². The van der Waals surface area contributed by atoms with E-state index in [1.165, 1.54) is 0 Å². The highest BCUT2D eigenvalue weighted by Crippen LogP contribution is 2.29. The minimum atomic E-state index is -0.627. The zero-order valence-electron chi connectivity index (χ0n) is 10.0. The molecule has 4 nitrogen and oxygen atoms in total. The maximum atomic E-state index is 13.5. The van der Waals surface area contributed by atoms with Gasteiger partial charge in [0.05, 0.1) is 11.2 Å². The van der Waals surface area contributed by atoms with Crippen LogP contribution in [0.5, 0.6) is 5.75 Å². The molecule has 0 aliphatic carbocycles. The Morgan fingerprint density at radius 1 is 1.40 bits per heavy atom. The summed E-state index contributed by atoms with van der Waals surface area (Å²) < 4.78 is 18.7. The van der Waals surface area contributed by atoms with E-state index in [4.69, 9.17) is 34.4 Å². The molecule has 0 saturated heterocycles. The SMILES string of the molecule is C#CCOc1ccc(Nc2nc(Cl)ncc2F)cc1Cl. The lowest BCUT2D eigenvalue weighted by Gasteiger charge is -2.09. The van der Waals surface area contributed by atoms with Crippen molar-refractivity contribution in [3.05, 3.63) is 40.5 Å². The maximum Gasteiger partial charge on any atom is 0.224 e. The molecular weight excluding hydrogens is 304 g/mol. The first kappa shape index (κ1) is 14.4. The average Bonchev–Trinajstić information content (AvgIpc) is 2.42. The number of benzene rings is 1. The van der Waals surface area contributed by atoms with Crippen LogP contribution < -0.4 is 10.1 Å². The molecule has 1 aromatic carbocycles. The van der Waals surface area contributed by atoms with E-state index in [-0.39, 0.29) is 17.7 Å². The lowest BCUT2D eigenvalue weighted by molar-refractivity contribution is 0.370. The van der Waals surface area contributed by atoms with Gasteiger partial charge in [-0.25, -0.2) is 9.37 Å². The van der Waals surface area contributed by atoms with E-state index in [0.717, 1.165) is 6.20 Å². The quantitative estimate of drug-likeness (QED) is 0.691. The van der Waals surface area contributed by atoms with Crippen LogP contribution in [0.2, 0.25) is 10.3 Å². The number of hydrogen-bond donors (Lipinski definition) is 1. The molecule has 2 rings (SSSR count). The van der Waals surface area contributed by atoms with E-state index < -0.39 is 5.82 Å². The van der Waals surface area contributed by atoms with Crippen molar-refractivity contribution in [3.8, 4) is 18.1 Å². The largest absolute Gasteiger partial charge is 0.479 e. The highest BCUT2D eigenvalue weighted by atomic mass is 35.5. The number of terminal acetylenes is 1. The molecular formula is C13H8Cl2FN3O. The van der Waals surface area contributed by atoms with Crippen molar-refractivity contribution in [1.82, 2.24) is 9.97 Å². The minimum Gasteiger partial charge on any atom is -0.479 e. The van der Waals surface area contributed by atoms with Crippen molar-refractivity contribution in [2.45, 2.75) is 0 Å². The summed E-state index contributed by atoms with van der Waals surface area (Å²) in [5.41, 5.74) is 0.525. The van der Waals surface area contributed by atoms with Crippen LogP contribution in [-0.4, -0.2) is 16.6 Å². The Morgan fingerprint density at radius 2 is 2.20 bits per heavy atom. The molecule has 7 heteroatoms. The first-order valence-electron chi connectivity index (χ1n) is 5.41. The molecule has 0 bridgehead atoms. The number of nitrogens with one attached hydrogen (secondary N) is 1. The second-order valence-corrected chi connectivity index (χ2v) is 4.34. The van der Waals surface area contributed by atoms with Gasteiger partial charge in [0.2, 0.25) is 5.28 Å². The van der Waals surface area contributed by atoms with Crippen LogP contribution in [0.15, 0.2) is 24.4 Å². The molecule has 0 radical (unpaired) electrons. The van der Waals surface area contributed by atoms with Gasteiger partial charge in [0.25, 0.3) is 0 Å². The van der Waals surface area contributed by atoms with Crippen molar-refractivity contribution in [1.29, 1.82) is 0 Å². The summed E-state index contributed by atoms with van der Waals surface area (Å²) in [7, 11) is 0. The van der Waals surface area contributed by atoms with Crippen LogP contribution in [0.3, 0.4) is 0 Å². The number of hydrogen-bond acceptors (Lipinski definition) is 4. The third kappa shape index (κ3) is 3.50. The molecule has 0 amide bonds. The normalized spacial score (nSPS) is 9.90. The van der Waals surface area contributed by atoms with Gasteiger partial charge in [-0.05, 0) is 29.8 Å². The Morgan fingerprint density at radius 3 is 2.90 bits per heavy atom. The van der Waals surface area contributed by atoms with Crippen molar-refractivity contribution in [2.75, 3.05) is 11.9 Å². The van der Waals surface area contributed by atoms with Gasteiger partial charge in [0, 0.05) is 5.69 Å². The Labute approximate surface area is 124 Å². The summed E-state index contributed by atoms with van der Waals surface area (Å²) >= 11 is 11.6. The van der Waals surface area contributed by atoms with Crippen LogP contribution in [0, 0.1) is 18.2 Å². The van der Waals surface area contributed by atoms with Crippen LogP contribution in [0.25, 0.3) is 0 Å². The molecule has 0 aliphatic rings. The number of halogens is 3. The van der Waals surface area contributed by atoms with Gasteiger partial charge in [-0.15, -0.1) is 6.42 Å². The monoisotopic (exact) mass is 311 g/mol. The molecule has 0 atom stereocenters. The van der Waals surface area contributed by atoms with Gasteiger partial charge in [-0.3, -0.25) is 0 Å². The zero-order valence-corrected chi connectivity index (χ0v) is 11.5. The topological polar surface area (TPSA) is 47.0 Å². The van der Waals surface area contributed by atoms with E-state index in [0.29, 0.717) is 16.5 Å². The fraction of sp³-hybridized carbons (Fsp3) is 0.0769. The van der Waals surface area contributed by atoms with Crippen LogP contribution in [0.1, 0.15) is 0 Å². The Hall–Kier alpha value is -2.03. The predicted octanol–water partition coefficient (Wildman–Crippen LogP) is 3.68. The van der Waals surface area contributed by atoms with Gasteiger partial charge in [-0.1, -0.05) is 17.5 Å². The predicted molar refractivity (Wildman–Crippen MR) is 76.1 cm³/mol. The maximum absolute atomic E-state index is 13.5. The van der Waals surface area contributed by atoms with E-state index in [1.54, 1.807) is 18.2 Å². The highest BCUT2D eigenvalue weighted by molar-refractivity contribution is 6.32. The van der Waals surface area contributed by atoms with Gasteiger partial charge in [-0.2, -0.15) is 4.98 Å². The van der Waals surface area contributed by atoms with Crippen molar-refractivity contribution >= 4 is 34.7 Å². The number of aromatic nitrogens is 2. The fourth-order valence-corrected chi connectivity index (χ4v) is 1.75. The summed E-state index contributed by atoms with van der Waals surface area (Å²) in [6.45, 7) is 0.114. The van der Waals surface area contributed by atoms with E-state index in [2.05, 4.69) is 21.2 Å². The molecule has 1 heterocycles. The smallest absolute Gasteiger partial charge is 0.224 e. The summed E-state index contributed by atoms with van der Waals surface area (Å²) in [6.07, 6.45) is 6.07. The van der Waals surface area contributed by atoms with Gasteiger partial charge in [0.1, 0.15) is 12.4 Å². The summed E-state index contributed by atoms with van der Waals surface area (Å²) in [6, 6.07) is 4.82. The van der Waals surface area contributed by atoms with Crippen molar-refractivity contribution in [2.24, 2.45) is 0 Å². The van der Waals surface area contributed by atoms with Crippen molar-refractivity contribution in [3.63, 3.8) is 0 Å². The zero-order chi connectivity index (χ0) is 14.5. The molecule has 1 aromatic heterocycles. The molecule has 0 fully saturated rings. The number of ether oxygens (including phenoxy) is 1. The van der Waals surface area contributed by atoms with Crippen LogP contribution in [0.4, 0.5) is 15.9 Å². The Balaban J connectivity index is 2.20. The highest BCUT2D eigenvalue weighted by Gasteiger charge is 2.08. The second kappa shape index (κ2) is 6.42. The third-order valence-electron chi connectivity index (χ3n) is 2.22. The van der Waals surface area contributed by atoms with E-state index in [9.17, 15) is 4.39 Å². The minimum absolute atomic E-state index is 0.0432. The fourth-order valence-electron chi connectivity index (χ4n) is 1.39. The Kier molecular flexibility index (Phi) is 4.61. The number of rotatable bonds is 4. The van der Waals surface area contributed by atoms with Crippen LogP contribution in [-0.2, 0) is 0 Å². The summed E-state index contributed by atoms with van der Waals surface area (Å²) in [5, 5.41) is 3.02. The number of nitrogens with zero attached hydrogens (tertiary/aromatic N) is 2. The van der Waals surface area contributed by atoms with E-state index in [1.807, 2.05) is 0 Å². The Bertz CT molecular complexity index is 673. The number of anilines is 2. The molecule has 0 unspecified atom stereocenters. The molecule has 2 aromatic rings. The van der Waals surface area contributed by atoms with E-state index >= 15 is 0 Å². The van der Waals surface area contributed by atoms with Crippen molar-refractivity contribution < 1.29 is 9.13 Å².